The van der Waals surface area contributed by atoms with Crippen LogP contribution in [0.2, 0.25) is 5.02 Å². The number of nitrogens with one attached hydrogen (secondary N) is 1. The number of guanidine groups is 1. The Balaban J connectivity index is 0.00000280. The minimum Gasteiger partial charge on any atom is -0.368 e. The van der Waals surface area contributed by atoms with Gasteiger partial charge < -0.3 is 15.1 Å². The highest BCUT2D eigenvalue weighted by Gasteiger charge is 2.27. The third-order valence-electron chi connectivity index (χ3n) is 4.90. The van der Waals surface area contributed by atoms with Crippen molar-refractivity contribution in [2.45, 2.75) is 13.3 Å². The fourth-order valence-corrected chi connectivity index (χ4v) is 5.19. The Hall–Kier alpha value is -0.780. The largest absolute Gasteiger partial charge is 0.368 e. The van der Waals surface area contributed by atoms with Crippen molar-refractivity contribution in [3.8, 4) is 0 Å². The van der Waals surface area contributed by atoms with Crippen molar-refractivity contribution in [1.82, 2.24) is 14.5 Å². The van der Waals surface area contributed by atoms with Gasteiger partial charge in [-0.2, -0.15) is 0 Å². The Labute approximate surface area is 190 Å². The van der Waals surface area contributed by atoms with Crippen LogP contribution in [0, 0.1) is 0 Å². The van der Waals surface area contributed by atoms with Crippen LogP contribution >= 0.6 is 35.6 Å². The molecule has 0 amide bonds. The molecule has 0 atom stereocenters. The van der Waals surface area contributed by atoms with E-state index in [2.05, 4.69) is 26.2 Å². The monoisotopic (exact) mass is 541 g/mol. The fraction of sp³-hybridized carbons (Fsp3) is 0.611. The van der Waals surface area contributed by atoms with Crippen molar-refractivity contribution in [1.29, 1.82) is 0 Å². The van der Waals surface area contributed by atoms with E-state index in [1.54, 1.807) is 4.31 Å². The van der Waals surface area contributed by atoms with Crippen LogP contribution < -0.4 is 10.2 Å². The molecular formula is C18H29ClIN5O2S. The molecule has 0 aliphatic carbocycles. The summed E-state index contributed by atoms with van der Waals surface area (Å²) in [5.74, 6) is 1.13. The number of piperazine rings is 1. The first-order valence-electron chi connectivity index (χ1n) is 9.51. The second kappa shape index (κ2) is 10.8. The average Bonchev–Trinajstić information content (AvgIpc) is 2.99. The second-order valence-electron chi connectivity index (χ2n) is 6.76. The molecule has 28 heavy (non-hydrogen) atoms. The SMILES string of the molecule is CCNC(=NCCN1CCCS1(=O)=O)N1CCN(c2cccc(Cl)c2)CC1.I. The average molecular weight is 542 g/mol. The zero-order chi connectivity index (χ0) is 19.3. The summed E-state index contributed by atoms with van der Waals surface area (Å²) in [6.07, 6.45) is 0.720. The normalized spacial score (nSPS) is 20.1. The van der Waals surface area contributed by atoms with Crippen molar-refractivity contribution < 1.29 is 8.42 Å². The maximum absolute atomic E-state index is 11.9. The number of hydrogen-bond donors (Lipinski definition) is 1. The van der Waals surface area contributed by atoms with Crippen molar-refractivity contribution in [2.75, 3.05) is 63.0 Å². The van der Waals surface area contributed by atoms with E-state index in [1.807, 2.05) is 25.1 Å². The molecule has 2 fully saturated rings. The van der Waals surface area contributed by atoms with Gasteiger partial charge in [-0.25, -0.2) is 12.7 Å². The fourth-order valence-electron chi connectivity index (χ4n) is 3.48. The van der Waals surface area contributed by atoms with Gasteiger partial charge in [0.1, 0.15) is 0 Å². The van der Waals surface area contributed by atoms with Gasteiger partial charge in [0, 0.05) is 56.5 Å². The van der Waals surface area contributed by atoms with Crippen LogP contribution in [-0.4, -0.2) is 81.7 Å². The van der Waals surface area contributed by atoms with E-state index in [0.29, 0.717) is 19.6 Å². The lowest BCUT2D eigenvalue weighted by Gasteiger charge is -2.37. The molecule has 0 aromatic heterocycles. The summed E-state index contributed by atoms with van der Waals surface area (Å²) in [5, 5.41) is 4.08. The summed E-state index contributed by atoms with van der Waals surface area (Å²) < 4.78 is 25.3. The minimum atomic E-state index is -3.05. The molecule has 7 nitrogen and oxygen atoms in total. The van der Waals surface area contributed by atoms with Crippen molar-refractivity contribution >= 4 is 57.2 Å². The zero-order valence-electron chi connectivity index (χ0n) is 16.2. The highest BCUT2D eigenvalue weighted by Crippen LogP contribution is 2.20. The van der Waals surface area contributed by atoms with E-state index in [0.717, 1.165) is 55.8 Å². The Morgan fingerprint density at radius 1 is 1.21 bits per heavy atom. The molecule has 0 radical (unpaired) electrons. The molecule has 0 saturated carbocycles. The number of anilines is 1. The van der Waals surface area contributed by atoms with Crippen LogP contribution in [0.1, 0.15) is 13.3 Å². The predicted octanol–water partition coefficient (Wildman–Crippen LogP) is 2.08. The van der Waals surface area contributed by atoms with E-state index in [9.17, 15) is 8.42 Å². The van der Waals surface area contributed by atoms with Gasteiger partial charge in [0.2, 0.25) is 10.0 Å². The van der Waals surface area contributed by atoms with Gasteiger partial charge in [-0.05, 0) is 31.5 Å². The first-order chi connectivity index (χ1) is 13.0. The van der Waals surface area contributed by atoms with E-state index in [4.69, 9.17) is 11.6 Å². The third-order valence-corrected chi connectivity index (χ3v) is 7.09. The number of halogens is 2. The Bertz CT molecular complexity index is 769. The first kappa shape index (κ1) is 23.5. The van der Waals surface area contributed by atoms with E-state index >= 15 is 0 Å². The molecule has 1 aromatic carbocycles. The summed E-state index contributed by atoms with van der Waals surface area (Å²) >= 11 is 6.10. The summed E-state index contributed by atoms with van der Waals surface area (Å²) in [6, 6.07) is 7.93. The third kappa shape index (κ3) is 6.11. The van der Waals surface area contributed by atoms with Crippen LogP contribution in [0.3, 0.4) is 0 Å². The van der Waals surface area contributed by atoms with E-state index < -0.39 is 10.0 Å². The number of aliphatic imine (C=N–C) groups is 1. The molecule has 1 N–H and O–H groups in total. The molecule has 3 rings (SSSR count). The lowest BCUT2D eigenvalue weighted by Crippen LogP contribution is -2.52. The molecule has 0 spiro atoms. The summed E-state index contributed by atoms with van der Waals surface area (Å²) in [5.41, 5.74) is 1.14. The molecule has 2 saturated heterocycles. The van der Waals surface area contributed by atoms with Crippen LogP contribution in [0.4, 0.5) is 5.69 Å². The second-order valence-corrected chi connectivity index (χ2v) is 9.28. The van der Waals surface area contributed by atoms with Gasteiger partial charge in [-0.15, -0.1) is 24.0 Å². The number of sulfonamides is 1. The molecule has 2 aliphatic heterocycles. The summed E-state index contributed by atoms with van der Waals surface area (Å²) in [6.45, 7) is 7.90. The maximum Gasteiger partial charge on any atom is 0.214 e. The summed E-state index contributed by atoms with van der Waals surface area (Å²) in [7, 11) is -3.05. The Morgan fingerprint density at radius 3 is 2.57 bits per heavy atom. The standard InChI is InChI=1S/C18H28ClN5O2S.HI/c1-2-20-18(21-7-9-24-8-4-14-27(24,25)26)23-12-10-22(11-13-23)17-6-3-5-16(19)15-17;/h3,5-6,15H,2,4,7-14H2,1H3,(H,20,21);1H. The van der Waals surface area contributed by atoms with E-state index in [-0.39, 0.29) is 29.7 Å². The van der Waals surface area contributed by atoms with Gasteiger partial charge in [-0.1, -0.05) is 17.7 Å². The first-order valence-corrected chi connectivity index (χ1v) is 11.5. The van der Waals surface area contributed by atoms with Crippen molar-refractivity contribution in [3.05, 3.63) is 29.3 Å². The van der Waals surface area contributed by atoms with Crippen molar-refractivity contribution in [3.63, 3.8) is 0 Å². The molecule has 10 heteroatoms. The minimum absolute atomic E-state index is 0. The summed E-state index contributed by atoms with van der Waals surface area (Å²) in [4.78, 5) is 9.23. The topological polar surface area (TPSA) is 68.2 Å². The number of rotatable bonds is 5. The number of hydrogen-bond acceptors (Lipinski definition) is 4. The highest BCUT2D eigenvalue weighted by molar-refractivity contribution is 14.0. The van der Waals surface area contributed by atoms with Gasteiger partial charge in [0.25, 0.3) is 0 Å². The van der Waals surface area contributed by atoms with Gasteiger partial charge >= 0.3 is 0 Å². The Kier molecular flexibility index (Phi) is 9.10. The lowest BCUT2D eigenvalue weighted by atomic mass is 10.2. The van der Waals surface area contributed by atoms with Crippen LogP contribution in [0.25, 0.3) is 0 Å². The van der Waals surface area contributed by atoms with Gasteiger partial charge in [0.05, 0.1) is 12.3 Å². The molecular weight excluding hydrogens is 513 g/mol. The predicted molar refractivity (Wildman–Crippen MR) is 127 cm³/mol. The van der Waals surface area contributed by atoms with Crippen LogP contribution in [0.15, 0.2) is 29.3 Å². The smallest absolute Gasteiger partial charge is 0.214 e. The van der Waals surface area contributed by atoms with Crippen LogP contribution in [0.5, 0.6) is 0 Å². The molecule has 158 valence electrons. The number of nitrogens with zero attached hydrogens (tertiary/aromatic N) is 4. The van der Waals surface area contributed by atoms with Gasteiger partial charge in [0.15, 0.2) is 5.96 Å². The Morgan fingerprint density at radius 2 is 1.96 bits per heavy atom. The van der Waals surface area contributed by atoms with E-state index in [1.165, 1.54) is 0 Å². The molecule has 1 aromatic rings. The lowest BCUT2D eigenvalue weighted by molar-refractivity contribution is 0.371. The molecule has 0 unspecified atom stereocenters. The van der Waals surface area contributed by atoms with Crippen LogP contribution in [-0.2, 0) is 10.0 Å². The molecule has 2 heterocycles. The quantitative estimate of drug-likeness (QED) is 0.351. The molecule has 2 aliphatic rings. The van der Waals surface area contributed by atoms with Gasteiger partial charge in [-0.3, -0.25) is 4.99 Å². The zero-order valence-corrected chi connectivity index (χ0v) is 20.1. The highest BCUT2D eigenvalue weighted by atomic mass is 127. The van der Waals surface area contributed by atoms with Crippen molar-refractivity contribution in [2.24, 2.45) is 4.99 Å². The number of benzene rings is 1. The molecule has 0 bridgehead atoms. The maximum atomic E-state index is 11.9.